The molecule has 2 nitrogen and oxygen atoms in total. The number of hydrogen-bond acceptors (Lipinski definition) is 3. The first-order chi connectivity index (χ1) is 6.92. The predicted octanol–water partition coefficient (Wildman–Crippen LogP) is 2.74. The highest BCUT2D eigenvalue weighted by Crippen LogP contribution is 2.25. The zero-order chi connectivity index (χ0) is 11.5. The van der Waals surface area contributed by atoms with E-state index in [0.29, 0.717) is 17.0 Å². The lowest BCUT2D eigenvalue weighted by atomic mass is 10.4. The molecule has 15 heavy (non-hydrogen) atoms. The highest BCUT2D eigenvalue weighted by Gasteiger charge is 2.29. The number of aliphatic imine (C=N–C) groups is 1. The van der Waals surface area contributed by atoms with E-state index >= 15 is 0 Å². The largest absolute Gasteiger partial charge is 0.390 e. The lowest BCUT2D eigenvalue weighted by Crippen LogP contribution is -2.28. The molecule has 0 aromatic carbocycles. The van der Waals surface area contributed by atoms with Crippen LogP contribution < -0.4 is 0 Å². The van der Waals surface area contributed by atoms with Gasteiger partial charge in [-0.05, 0) is 0 Å². The molecule has 1 atom stereocenters. The Bertz CT molecular complexity index is 245. The van der Waals surface area contributed by atoms with Gasteiger partial charge in [-0.3, -0.25) is 4.99 Å². The minimum Gasteiger partial charge on any atom is -0.354 e. The van der Waals surface area contributed by atoms with Crippen LogP contribution in [0.4, 0.5) is 13.2 Å². The van der Waals surface area contributed by atoms with Crippen LogP contribution in [-0.4, -0.2) is 47.0 Å². The van der Waals surface area contributed by atoms with Gasteiger partial charge in [0.05, 0.1) is 13.0 Å². The molecule has 0 spiro atoms. The van der Waals surface area contributed by atoms with E-state index in [0.717, 1.165) is 5.33 Å². The Balaban J connectivity index is 2.33. The molecule has 0 amide bonds. The van der Waals surface area contributed by atoms with Gasteiger partial charge in [0.2, 0.25) is 0 Å². The molecule has 0 saturated heterocycles. The van der Waals surface area contributed by atoms with E-state index < -0.39 is 12.6 Å². The molecule has 7 heteroatoms. The van der Waals surface area contributed by atoms with Crippen molar-refractivity contribution in [1.82, 2.24) is 4.90 Å². The molecule has 0 N–H and O–H groups in total. The van der Waals surface area contributed by atoms with Crippen LogP contribution >= 0.6 is 27.7 Å². The standard InChI is InChI=1S/C8H12BrF3N2S/c1-14(3-2-8(10,11)12)7-13-5-6(4-9)15-7/h6H,2-5H2,1H3. The normalized spacial score (nSPS) is 21.7. The van der Waals surface area contributed by atoms with E-state index in [9.17, 15) is 13.2 Å². The summed E-state index contributed by atoms with van der Waals surface area (Å²) in [5, 5.41) is 1.88. The lowest BCUT2D eigenvalue weighted by Gasteiger charge is -2.19. The van der Waals surface area contributed by atoms with Crippen LogP contribution in [0.1, 0.15) is 6.42 Å². The fourth-order valence-electron chi connectivity index (χ4n) is 1.08. The maximum Gasteiger partial charge on any atom is 0.390 e. The van der Waals surface area contributed by atoms with Crippen molar-refractivity contribution in [2.24, 2.45) is 4.99 Å². The average molecular weight is 305 g/mol. The van der Waals surface area contributed by atoms with Crippen molar-refractivity contribution in [2.75, 3.05) is 25.5 Å². The van der Waals surface area contributed by atoms with Gasteiger partial charge in [0, 0.05) is 24.2 Å². The van der Waals surface area contributed by atoms with Gasteiger partial charge >= 0.3 is 6.18 Å². The minimum absolute atomic E-state index is 0.0235. The number of alkyl halides is 4. The van der Waals surface area contributed by atoms with Crippen molar-refractivity contribution in [2.45, 2.75) is 17.8 Å². The fraction of sp³-hybridized carbons (Fsp3) is 0.875. The number of nitrogens with zero attached hydrogens (tertiary/aromatic N) is 2. The van der Waals surface area contributed by atoms with Crippen LogP contribution in [-0.2, 0) is 0 Å². The summed E-state index contributed by atoms with van der Waals surface area (Å²) in [4.78, 5) is 5.77. The number of thioether (sulfide) groups is 1. The molecule has 0 radical (unpaired) electrons. The summed E-state index contributed by atoms with van der Waals surface area (Å²) in [6.45, 7) is 0.659. The summed E-state index contributed by atoms with van der Waals surface area (Å²) >= 11 is 4.86. The maximum absolute atomic E-state index is 12.0. The first kappa shape index (κ1) is 13.2. The molecule has 1 aliphatic rings. The third-order valence-electron chi connectivity index (χ3n) is 1.93. The molecule has 1 rings (SSSR count). The molecule has 0 aromatic rings. The Hall–Kier alpha value is 0.0900. The predicted molar refractivity (Wildman–Crippen MR) is 60.8 cm³/mol. The fourth-order valence-corrected chi connectivity index (χ4v) is 2.62. The molecule has 1 aliphatic heterocycles. The highest BCUT2D eigenvalue weighted by molar-refractivity contribution is 9.09. The summed E-state index contributed by atoms with van der Waals surface area (Å²) in [7, 11) is 1.65. The zero-order valence-corrected chi connectivity index (χ0v) is 10.6. The first-order valence-corrected chi connectivity index (χ1v) is 6.47. The molecule has 0 aliphatic carbocycles. The molecule has 0 bridgehead atoms. The third-order valence-corrected chi connectivity index (χ3v) is 4.44. The van der Waals surface area contributed by atoms with Crippen molar-refractivity contribution in [3.05, 3.63) is 0 Å². The third kappa shape index (κ3) is 4.63. The van der Waals surface area contributed by atoms with Gasteiger partial charge in [0.25, 0.3) is 0 Å². The molecular formula is C8H12BrF3N2S. The van der Waals surface area contributed by atoms with Gasteiger partial charge in [-0.2, -0.15) is 13.2 Å². The molecule has 1 unspecified atom stereocenters. The number of hydrogen-bond donors (Lipinski definition) is 0. The van der Waals surface area contributed by atoms with Crippen molar-refractivity contribution in [3.63, 3.8) is 0 Å². The van der Waals surface area contributed by atoms with Gasteiger partial charge in [-0.25, -0.2) is 0 Å². The Morgan fingerprint density at radius 1 is 1.60 bits per heavy atom. The van der Waals surface area contributed by atoms with E-state index in [1.165, 1.54) is 11.8 Å². The van der Waals surface area contributed by atoms with Crippen LogP contribution in [0.3, 0.4) is 0 Å². The molecule has 1 heterocycles. The molecule has 0 aromatic heterocycles. The quantitative estimate of drug-likeness (QED) is 0.745. The van der Waals surface area contributed by atoms with Crippen LogP contribution in [0.2, 0.25) is 0 Å². The van der Waals surface area contributed by atoms with Crippen LogP contribution in [0, 0.1) is 0 Å². The van der Waals surface area contributed by atoms with Crippen molar-refractivity contribution in [3.8, 4) is 0 Å². The van der Waals surface area contributed by atoms with Gasteiger partial charge in [0.15, 0.2) is 5.17 Å². The second-order valence-electron chi connectivity index (χ2n) is 3.30. The lowest BCUT2D eigenvalue weighted by molar-refractivity contribution is -0.135. The second-order valence-corrected chi connectivity index (χ2v) is 5.22. The van der Waals surface area contributed by atoms with E-state index in [2.05, 4.69) is 20.9 Å². The van der Waals surface area contributed by atoms with Gasteiger partial charge in [-0.1, -0.05) is 27.7 Å². The maximum atomic E-state index is 12.0. The van der Waals surface area contributed by atoms with Crippen LogP contribution in [0.5, 0.6) is 0 Å². The Labute approximate surface area is 99.4 Å². The molecule has 88 valence electrons. The van der Waals surface area contributed by atoms with Crippen molar-refractivity contribution in [1.29, 1.82) is 0 Å². The average Bonchev–Trinajstić information content (AvgIpc) is 2.61. The van der Waals surface area contributed by atoms with Gasteiger partial charge < -0.3 is 4.90 Å². The highest BCUT2D eigenvalue weighted by atomic mass is 79.9. The molecular weight excluding hydrogens is 293 g/mol. The van der Waals surface area contributed by atoms with E-state index in [4.69, 9.17) is 0 Å². The number of rotatable bonds is 3. The van der Waals surface area contributed by atoms with E-state index in [-0.39, 0.29) is 6.54 Å². The summed E-state index contributed by atoms with van der Waals surface area (Å²) in [5.41, 5.74) is 0. The number of halogens is 4. The minimum atomic E-state index is -4.09. The first-order valence-electron chi connectivity index (χ1n) is 4.47. The molecule has 0 saturated carbocycles. The van der Waals surface area contributed by atoms with E-state index in [1.807, 2.05) is 0 Å². The topological polar surface area (TPSA) is 15.6 Å². The Morgan fingerprint density at radius 3 is 2.73 bits per heavy atom. The Kier molecular flexibility index (Phi) is 4.76. The van der Waals surface area contributed by atoms with Crippen molar-refractivity contribution < 1.29 is 13.2 Å². The molecule has 0 fully saturated rings. The summed E-state index contributed by atoms with van der Waals surface area (Å²) in [5.74, 6) is 0. The van der Waals surface area contributed by atoms with E-state index in [1.54, 1.807) is 11.9 Å². The Morgan fingerprint density at radius 2 is 2.27 bits per heavy atom. The van der Waals surface area contributed by atoms with Gasteiger partial charge in [0.1, 0.15) is 0 Å². The summed E-state index contributed by atoms with van der Waals surface area (Å²) in [6, 6.07) is 0. The second kappa shape index (κ2) is 5.43. The zero-order valence-electron chi connectivity index (χ0n) is 8.22. The van der Waals surface area contributed by atoms with Crippen LogP contribution in [0.25, 0.3) is 0 Å². The smallest absolute Gasteiger partial charge is 0.354 e. The summed E-state index contributed by atoms with van der Waals surface area (Å²) < 4.78 is 35.9. The summed E-state index contributed by atoms with van der Waals surface area (Å²) in [6.07, 6.45) is -4.88. The van der Waals surface area contributed by atoms with Crippen molar-refractivity contribution >= 4 is 32.9 Å². The van der Waals surface area contributed by atoms with Crippen LogP contribution in [0.15, 0.2) is 4.99 Å². The number of amidine groups is 1. The van der Waals surface area contributed by atoms with Gasteiger partial charge in [-0.15, -0.1) is 0 Å². The SMILES string of the molecule is CN(CCC(F)(F)F)C1=NCC(CBr)S1. The monoisotopic (exact) mass is 304 g/mol.